The third-order valence-electron chi connectivity index (χ3n) is 6.56. The number of carbonyl (C=O) groups is 2. The monoisotopic (exact) mass is 543 g/mol. The van der Waals surface area contributed by atoms with Gasteiger partial charge in [0, 0.05) is 35.5 Å². The zero-order chi connectivity index (χ0) is 27.8. The van der Waals surface area contributed by atoms with E-state index in [9.17, 15) is 22.8 Å². The predicted octanol–water partition coefficient (Wildman–Crippen LogP) is 7.13. The number of aryl methyl sites for hydroxylation is 3. The molecule has 1 aliphatic heterocycles. The molecule has 0 unspecified atom stereocenters. The van der Waals surface area contributed by atoms with E-state index in [4.69, 9.17) is 0 Å². The minimum Gasteiger partial charge on any atom is -0.333 e. The second kappa shape index (κ2) is 10.5. The predicted molar refractivity (Wildman–Crippen MR) is 144 cm³/mol. The van der Waals surface area contributed by atoms with Crippen LogP contribution in [0.15, 0.2) is 36.4 Å². The molecular formula is C29H32F3N3O2S. The number of nitrogens with zero attached hydrogens (tertiary/aromatic N) is 2. The van der Waals surface area contributed by atoms with E-state index in [-0.39, 0.29) is 24.8 Å². The average molecular weight is 544 g/mol. The van der Waals surface area contributed by atoms with E-state index in [0.717, 1.165) is 33.3 Å². The molecule has 4 rings (SSSR count). The number of Topliss-reactive ketones (excluding diaryl/α,β-unsaturated/α-hetero) is 1. The number of aromatic nitrogens is 1. The number of thiazole rings is 1. The molecule has 1 N–H and O–H groups in total. The fraction of sp³-hybridized carbons (Fsp3) is 0.414. The fourth-order valence-electron chi connectivity index (χ4n) is 4.81. The normalized spacial score (nSPS) is 13.8. The lowest BCUT2D eigenvalue weighted by Gasteiger charge is -2.34. The van der Waals surface area contributed by atoms with Crippen LogP contribution in [0.5, 0.6) is 0 Å². The van der Waals surface area contributed by atoms with Gasteiger partial charge in [-0.15, -0.1) is 11.3 Å². The molecular weight excluding hydrogens is 511 g/mol. The highest BCUT2D eigenvalue weighted by molar-refractivity contribution is 7.11. The van der Waals surface area contributed by atoms with Crippen molar-refractivity contribution in [3.8, 4) is 11.1 Å². The maximum atomic E-state index is 13.5. The van der Waals surface area contributed by atoms with Crippen molar-refractivity contribution in [2.24, 2.45) is 0 Å². The molecule has 0 radical (unpaired) electrons. The van der Waals surface area contributed by atoms with Crippen LogP contribution in [0.3, 0.4) is 0 Å². The standard InChI is InChI=1S/C29H32F3N3O2S/c1-17-26(38-18(2)33-17)12-11-25(36)23-10-9-21(19-7-6-8-20(15-19)29(30,31)32)22-13-14-35(16-24(22)23)27(37)34-28(3,4)5/h6-10,15H,11-14,16H2,1-5H3,(H,34,37). The van der Waals surface area contributed by atoms with Crippen molar-refractivity contribution in [2.45, 2.75) is 72.1 Å². The zero-order valence-corrected chi connectivity index (χ0v) is 23.1. The van der Waals surface area contributed by atoms with Crippen molar-refractivity contribution >= 4 is 23.2 Å². The zero-order valence-electron chi connectivity index (χ0n) is 22.3. The van der Waals surface area contributed by atoms with Crippen LogP contribution in [0.2, 0.25) is 0 Å². The quantitative estimate of drug-likeness (QED) is 0.348. The molecule has 3 aromatic rings. The van der Waals surface area contributed by atoms with Crippen molar-refractivity contribution in [1.82, 2.24) is 15.2 Å². The summed E-state index contributed by atoms with van der Waals surface area (Å²) in [5, 5.41) is 3.92. The van der Waals surface area contributed by atoms with Crippen LogP contribution in [0.1, 0.15) is 69.8 Å². The molecule has 0 saturated carbocycles. The Labute approximate surface area is 225 Å². The van der Waals surface area contributed by atoms with Crippen molar-refractivity contribution < 1.29 is 22.8 Å². The SMILES string of the molecule is Cc1nc(C)c(CCC(=O)c2ccc(-c3cccc(C(F)(F)F)c3)c3c2CN(C(=O)NC(C)(C)C)CC3)s1. The topological polar surface area (TPSA) is 62.3 Å². The summed E-state index contributed by atoms with van der Waals surface area (Å²) >= 11 is 1.58. The van der Waals surface area contributed by atoms with Gasteiger partial charge in [0.25, 0.3) is 0 Å². The average Bonchev–Trinajstić information content (AvgIpc) is 3.16. The maximum Gasteiger partial charge on any atom is 0.416 e. The number of nitrogens with one attached hydrogen (secondary N) is 1. The first-order valence-corrected chi connectivity index (χ1v) is 13.4. The van der Waals surface area contributed by atoms with Gasteiger partial charge in [-0.2, -0.15) is 13.2 Å². The minimum absolute atomic E-state index is 0.0552. The summed E-state index contributed by atoms with van der Waals surface area (Å²) in [5.74, 6) is -0.0552. The number of amides is 2. The van der Waals surface area contributed by atoms with Crippen molar-refractivity contribution in [1.29, 1.82) is 0 Å². The summed E-state index contributed by atoms with van der Waals surface area (Å²) < 4.78 is 40.3. The summed E-state index contributed by atoms with van der Waals surface area (Å²) in [6, 6.07) is 8.46. The van der Waals surface area contributed by atoms with E-state index in [1.165, 1.54) is 6.07 Å². The van der Waals surface area contributed by atoms with Crippen LogP contribution in [-0.2, 0) is 25.6 Å². The van der Waals surface area contributed by atoms with Crippen LogP contribution >= 0.6 is 11.3 Å². The fourth-order valence-corrected chi connectivity index (χ4v) is 5.75. The summed E-state index contributed by atoms with van der Waals surface area (Å²) in [6.45, 7) is 10.2. The molecule has 0 aliphatic carbocycles. The minimum atomic E-state index is -4.46. The summed E-state index contributed by atoms with van der Waals surface area (Å²) in [5.41, 5.74) is 2.92. The number of alkyl halides is 3. The van der Waals surface area contributed by atoms with E-state index in [0.29, 0.717) is 41.6 Å². The van der Waals surface area contributed by atoms with E-state index < -0.39 is 17.3 Å². The van der Waals surface area contributed by atoms with Crippen LogP contribution in [-0.4, -0.2) is 33.8 Å². The number of fused-ring (bicyclic) bond motifs is 1. The van der Waals surface area contributed by atoms with Crippen LogP contribution in [0, 0.1) is 13.8 Å². The number of rotatable bonds is 5. The van der Waals surface area contributed by atoms with E-state index in [1.54, 1.807) is 34.4 Å². The second-order valence-electron chi connectivity index (χ2n) is 10.7. The Hall–Kier alpha value is -3.20. The Morgan fingerprint density at radius 1 is 1.08 bits per heavy atom. The van der Waals surface area contributed by atoms with Gasteiger partial charge >= 0.3 is 12.2 Å². The van der Waals surface area contributed by atoms with Gasteiger partial charge in [-0.1, -0.05) is 24.3 Å². The van der Waals surface area contributed by atoms with Gasteiger partial charge in [-0.25, -0.2) is 9.78 Å². The van der Waals surface area contributed by atoms with E-state index in [2.05, 4.69) is 10.3 Å². The molecule has 0 spiro atoms. The Bertz CT molecular complexity index is 1370. The molecule has 2 heterocycles. The Kier molecular flexibility index (Phi) is 7.70. The van der Waals surface area contributed by atoms with Crippen molar-refractivity contribution in [2.75, 3.05) is 6.54 Å². The first kappa shape index (κ1) is 27.8. The third kappa shape index (κ3) is 6.26. The lowest BCUT2D eigenvalue weighted by atomic mass is 9.85. The van der Waals surface area contributed by atoms with Gasteiger partial charge in [0.05, 0.1) is 16.3 Å². The van der Waals surface area contributed by atoms with Crippen molar-refractivity contribution in [3.05, 3.63) is 74.2 Å². The molecule has 0 saturated heterocycles. The molecule has 0 bridgehead atoms. The lowest BCUT2D eigenvalue weighted by molar-refractivity contribution is -0.137. The molecule has 9 heteroatoms. The molecule has 2 amide bonds. The number of halogens is 3. The third-order valence-corrected chi connectivity index (χ3v) is 7.69. The van der Waals surface area contributed by atoms with Gasteiger partial charge in [-0.05, 0) is 81.8 Å². The lowest BCUT2D eigenvalue weighted by Crippen LogP contribution is -2.50. The van der Waals surface area contributed by atoms with Gasteiger partial charge in [0.15, 0.2) is 5.78 Å². The summed E-state index contributed by atoms with van der Waals surface area (Å²) in [6.07, 6.45) is -3.17. The highest BCUT2D eigenvalue weighted by atomic mass is 32.1. The highest BCUT2D eigenvalue weighted by Crippen LogP contribution is 2.37. The summed E-state index contributed by atoms with van der Waals surface area (Å²) in [7, 11) is 0. The molecule has 1 aliphatic rings. The number of benzene rings is 2. The first-order valence-electron chi connectivity index (χ1n) is 12.6. The van der Waals surface area contributed by atoms with Crippen LogP contribution in [0.25, 0.3) is 11.1 Å². The number of carbonyl (C=O) groups excluding carboxylic acids is 2. The number of ketones is 1. The Morgan fingerprint density at radius 3 is 2.45 bits per heavy atom. The smallest absolute Gasteiger partial charge is 0.333 e. The molecule has 0 fully saturated rings. The maximum absolute atomic E-state index is 13.5. The molecule has 5 nitrogen and oxygen atoms in total. The Balaban J connectivity index is 1.71. The molecule has 0 atom stereocenters. The second-order valence-corrected chi connectivity index (χ2v) is 12.0. The van der Waals surface area contributed by atoms with Gasteiger partial charge < -0.3 is 10.2 Å². The molecule has 202 valence electrons. The van der Waals surface area contributed by atoms with Crippen molar-refractivity contribution in [3.63, 3.8) is 0 Å². The van der Waals surface area contributed by atoms with Crippen LogP contribution < -0.4 is 5.32 Å². The van der Waals surface area contributed by atoms with Crippen LogP contribution in [0.4, 0.5) is 18.0 Å². The Morgan fingerprint density at radius 2 is 1.82 bits per heavy atom. The van der Waals surface area contributed by atoms with Gasteiger partial charge in [0.1, 0.15) is 0 Å². The number of hydrogen-bond donors (Lipinski definition) is 1. The van der Waals surface area contributed by atoms with Gasteiger partial charge in [-0.3, -0.25) is 4.79 Å². The molecule has 2 aromatic carbocycles. The number of hydrogen-bond acceptors (Lipinski definition) is 4. The largest absolute Gasteiger partial charge is 0.416 e. The summed E-state index contributed by atoms with van der Waals surface area (Å²) in [4.78, 5) is 33.6. The number of urea groups is 1. The molecule has 1 aromatic heterocycles. The van der Waals surface area contributed by atoms with E-state index in [1.807, 2.05) is 34.6 Å². The molecule has 38 heavy (non-hydrogen) atoms. The first-order chi connectivity index (χ1) is 17.7. The van der Waals surface area contributed by atoms with Gasteiger partial charge in [0.2, 0.25) is 0 Å². The highest BCUT2D eigenvalue weighted by Gasteiger charge is 2.32. The van der Waals surface area contributed by atoms with E-state index >= 15 is 0 Å².